The molecule has 0 aliphatic carbocycles. The maximum atomic E-state index is 13.6. The van der Waals surface area contributed by atoms with E-state index in [1.54, 1.807) is 41.3 Å². The number of halogens is 4. The first-order valence-electron chi connectivity index (χ1n) is 10.8. The number of fused-ring (bicyclic) bond motifs is 1. The molecule has 0 atom stereocenters. The summed E-state index contributed by atoms with van der Waals surface area (Å²) in [4.78, 5) is 30.3. The van der Waals surface area contributed by atoms with Gasteiger partial charge in [0, 0.05) is 30.1 Å². The minimum Gasteiger partial charge on any atom is -0.283 e. The van der Waals surface area contributed by atoms with Gasteiger partial charge in [-0.1, -0.05) is 12.1 Å². The fraction of sp³-hybridized carbons (Fsp3) is 0.120. The van der Waals surface area contributed by atoms with Crippen molar-refractivity contribution in [3.63, 3.8) is 0 Å². The Balaban J connectivity index is 1.59. The number of Topliss-reactive ketones (excluding diaryl/α,β-unsaturated/α-hetero) is 1. The van der Waals surface area contributed by atoms with Crippen molar-refractivity contribution >= 4 is 17.5 Å². The van der Waals surface area contributed by atoms with E-state index in [9.17, 15) is 27.2 Å². The molecule has 11 heteroatoms. The number of carbonyl (C=O) groups excluding carboxylic acids is 2. The number of ketones is 1. The summed E-state index contributed by atoms with van der Waals surface area (Å²) in [7, 11) is 0. The summed E-state index contributed by atoms with van der Waals surface area (Å²) < 4.78 is 53.8. The summed E-state index contributed by atoms with van der Waals surface area (Å²) in [5.74, 6) is -2.13. The van der Waals surface area contributed by atoms with Crippen LogP contribution < -0.4 is 10.4 Å². The highest BCUT2D eigenvalue weighted by molar-refractivity contribution is 6.47. The van der Waals surface area contributed by atoms with Crippen LogP contribution in [0.4, 0.5) is 23.4 Å². The van der Waals surface area contributed by atoms with E-state index in [1.165, 1.54) is 12.1 Å². The van der Waals surface area contributed by atoms with E-state index in [1.807, 2.05) is 0 Å². The van der Waals surface area contributed by atoms with Crippen LogP contribution in [0, 0.1) is 5.82 Å². The monoisotopic (exact) mass is 495 g/mol. The predicted molar refractivity (Wildman–Crippen MR) is 122 cm³/mol. The van der Waals surface area contributed by atoms with Gasteiger partial charge in [-0.05, 0) is 54.1 Å². The van der Waals surface area contributed by atoms with E-state index >= 15 is 0 Å². The Labute approximate surface area is 202 Å². The average molecular weight is 495 g/mol. The van der Waals surface area contributed by atoms with Crippen molar-refractivity contribution in [2.24, 2.45) is 0 Å². The molecule has 1 aliphatic heterocycles. The van der Waals surface area contributed by atoms with Crippen molar-refractivity contribution in [2.75, 3.05) is 11.6 Å². The molecule has 0 saturated heterocycles. The van der Waals surface area contributed by atoms with Crippen LogP contribution in [-0.4, -0.2) is 33.0 Å². The van der Waals surface area contributed by atoms with Crippen LogP contribution in [0.5, 0.6) is 0 Å². The number of carbonyl (C=O) groups is 2. The Bertz CT molecular complexity index is 1430. The van der Waals surface area contributed by atoms with Crippen LogP contribution in [0.1, 0.15) is 15.9 Å². The van der Waals surface area contributed by atoms with Gasteiger partial charge in [0.1, 0.15) is 11.5 Å². The molecule has 5 rings (SSSR count). The number of hydrogen-bond donors (Lipinski definition) is 1. The van der Waals surface area contributed by atoms with Crippen LogP contribution in [-0.2, 0) is 17.5 Å². The zero-order chi connectivity index (χ0) is 25.4. The highest BCUT2D eigenvalue weighted by Gasteiger charge is 2.35. The molecule has 0 bridgehead atoms. The lowest BCUT2D eigenvalue weighted by atomic mass is 10.0. The number of benzene rings is 2. The number of nitrogens with one attached hydrogen (secondary N) is 1. The SMILES string of the molecule is O=C(C(=O)N1NCCn2nc(-c3ccc(F)cc3)c(-c3ccncc3)c21)c1ccc(C(F)(F)F)cc1. The van der Waals surface area contributed by atoms with Crippen LogP contribution in [0.15, 0.2) is 73.1 Å². The van der Waals surface area contributed by atoms with E-state index in [4.69, 9.17) is 0 Å². The third-order valence-corrected chi connectivity index (χ3v) is 5.69. The molecule has 0 unspecified atom stereocenters. The van der Waals surface area contributed by atoms with Crippen molar-refractivity contribution in [3.05, 3.63) is 90.0 Å². The summed E-state index contributed by atoms with van der Waals surface area (Å²) in [6, 6.07) is 12.6. The van der Waals surface area contributed by atoms with Crippen molar-refractivity contribution in [3.8, 4) is 22.4 Å². The smallest absolute Gasteiger partial charge is 0.283 e. The highest BCUT2D eigenvalue weighted by Crippen LogP contribution is 2.40. The number of hydrogen-bond acceptors (Lipinski definition) is 5. The molecule has 0 radical (unpaired) electrons. The Morgan fingerprint density at radius 1 is 0.889 bits per heavy atom. The molecule has 3 heterocycles. The minimum absolute atomic E-state index is 0.185. The van der Waals surface area contributed by atoms with Crippen LogP contribution in [0.25, 0.3) is 22.4 Å². The molecular weight excluding hydrogens is 478 g/mol. The second-order valence-corrected chi connectivity index (χ2v) is 7.97. The molecule has 36 heavy (non-hydrogen) atoms. The lowest BCUT2D eigenvalue weighted by molar-refractivity contribution is -0.137. The maximum Gasteiger partial charge on any atom is 0.416 e. The van der Waals surface area contributed by atoms with E-state index in [0.29, 0.717) is 28.9 Å². The molecule has 0 saturated carbocycles. The topological polar surface area (TPSA) is 80.1 Å². The van der Waals surface area contributed by atoms with Crippen LogP contribution in [0.2, 0.25) is 0 Å². The van der Waals surface area contributed by atoms with Gasteiger partial charge in [0.05, 0.1) is 17.7 Å². The molecule has 182 valence electrons. The van der Waals surface area contributed by atoms with Gasteiger partial charge >= 0.3 is 12.1 Å². The lowest BCUT2D eigenvalue weighted by Crippen LogP contribution is -2.51. The van der Waals surface area contributed by atoms with Crippen molar-refractivity contribution < 1.29 is 27.2 Å². The van der Waals surface area contributed by atoms with Gasteiger partial charge in [-0.2, -0.15) is 18.3 Å². The molecular formula is C25H17F4N5O2. The minimum atomic E-state index is -4.57. The van der Waals surface area contributed by atoms with Gasteiger partial charge < -0.3 is 0 Å². The molecule has 2 aromatic carbocycles. The second-order valence-electron chi connectivity index (χ2n) is 7.97. The fourth-order valence-corrected chi connectivity index (χ4v) is 3.98. The van der Waals surface area contributed by atoms with Gasteiger partial charge in [-0.15, -0.1) is 0 Å². The summed E-state index contributed by atoms with van der Waals surface area (Å²) >= 11 is 0. The Morgan fingerprint density at radius 3 is 2.19 bits per heavy atom. The third kappa shape index (κ3) is 4.24. The van der Waals surface area contributed by atoms with Crippen molar-refractivity contribution in [2.45, 2.75) is 12.7 Å². The van der Waals surface area contributed by atoms with Gasteiger partial charge in [0.2, 0.25) is 0 Å². The number of pyridine rings is 1. The molecule has 0 fully saturated rings. The van der Waals surface area contributed by atoms with E-state index in [0.717, 1.165) is 29.3 Å². The maximum absolute atomic E-state index is 13.6. The van der Waals surface area contributed by atoms with Crippen molar-refractivity contribution in [1.82, 2.24) is 20.2 Å². The van der Waals surface area contributed by atoms with Crippen LogP contribution in [0.3, 0.4) is 0 Å². The summed E-state index contributed by atoms with van der Waals surface area (Å²) in [6.45, 7) is 0.631. The quantitative estimate of drug-likeness (QED) is 0.256. The Morgan fingerprint density at radius 2 is 1.56 bits per heavy atom. The van der Waals surface area contributed by atoms with Gasteiger partial charge in [-0.25, -0.2) is 19.5 Å². The predicted octanol–water partition coefficient (Wildman–Crippen LogP) is 4.50. The van der Waals surface area contributed by atoms with E-state index in [2.05, 4.69) is 15.5 Å². The summed E-state index contributed by atoms with van der Waals surface area (Å²) in [6.07, 6.45) is -1.45. The first-order chi connectivity index (χ1) is 17.2. The van der Waals surface area contributed by atoms with Crippen molar-refractivity contribution in [1.29, 1.82) is 0 Å². The van der Waals surface area contributed by atoms with E-state index in [-0.39, 0.29) is 17.9 Å². The first-order valence-corrected chi connectivity index (χ1v) is 10.8. The molecule has 1 amide bonds. The summed E-state index contributed by atoms with van der Waals surface area (Å²) in [5, 5.41) is 5.69. The largest absolute Gasteiger partial charge is 0.416 e. The fourth-order valence-electron chi connectivity index (χ4n) is 3.98. The highest BCUT2D eigenvalue weighted by atomic mass is 19.4. The Kier molecular flexibility index (Phi) is 5.84. The normalized spacial score (nSPS) is 13.4. The summed E-state index contributed by atoms with van der Waals surface area (Å²) in [5.41, 5.74) is 3.98. The van der Waals surface area contributed by atoms with Gasteiger partial charge in [0.15, 0.2) is 5.82 Å². The molecule has 2 aromatic heterocycles. The standard InChI is InChI=1S/C25H17F4N5O2/c26-19-7-3-16(4-8-19)21-20(15-9-11-30-12-10-15)23-33(32-21)14-13-31-34(23)24(36)22(35)17-1-5-18(6-2-17)25(27,28)29/h1-12,31H,13-14H2. The molecule has 0 spiro atoms. The lowest BCUT2D eigenvalue weighted by Gasteiger charge is -2.29. The molecule has 4 aromatic rings. The number of aromatic nitrogens is 3. The zero-order valence-corrected chi connectivity index (χ0v) is 18.5. The molecule has 1 aliphatic rings. The first kappa shape index (κ1) is 23.4. The Hall–Kier alpha value is -4.38. The van der Waals surface area contributed by atoms with Crippen LogP contribution >= 0.6 is 0 Å². The van der Waals surface area contributed by atoms with Gasteiger partial charge in [0.25, 0.3) is 5.78 Å². The number of rotatable bonds is 4. The number of amides is 1. The van der Waals surface area contributed by atoms with E-state index < -0.39 is 29.2 Å². The van der Waals surface area contributed by atoms with Gasteiger partial charge in [-0.3, -0.25) is 14.6 Å². The number of nitrogens with zero attached hydrogens (tertiary/aromatic N) is 4. The molecule has 1 N–H and O–H groups in total. The number of anilines is 1. The second kappa shape index (κ2) is 9.00. The number of hydrazine groups is 1. The number of alkyl halides is 3. The zero-order valence-electron chi connectivity index (χ0n) is 18.5. The third-order valence-electron chi connectivity index (χ3n) is 5.69. The average Bonchev–Trinajstić information content (AvgIpc) is 3.28. The molecule has 7 nitrogen and oxygen atoms in total.